The minimum atomic E-state index is -0.411. The topological polar surface area (TPSA) is 169 Å². The minimum Gasteiger partial charge on any atom is -0.512 e. The van der Waals surface area contributed by atoms with E-state index in [0.29, 0.717) is 142 Å². The molecule has 15 aliphatic rings. The zero-order valence-electron chi connectivity index (χ0n) is 75.8. The lowest BCUT2D eigenvalue weighted by atomic mass is 9.31. The number of hydrogen-bond donors (Lipinski definition) is 7. The molecule has 7 N–H and O–H groups in total. The van der Waals surface area contributed by atoms with Crippen LogP contribution in [0, 0.1) is 176 Å². The van der Waals surface area contributed by atoms with Crippen LogP contribution in [0.5, 0.6) is 0 Å². The van der Waals surface area contributed by atoms with Crippen molar-refractivity contribution >= 4 is 0 Å². The highest BCUT2D eigenvalue weighted by Crippen LogP contribution is 2.83. The van der Waals surface area contributed by atoms with Gasteiger partial charge >= 0.3 is 0 Å². The van der Waals surface area contributed by atoms with Gasteiger partial charge in [-0.05, 0) is 393 Å². The summed E-state index contributed by atoms with van der Waals surface area (Å²) in [6, 6.07) is 0. The molecule has 642 valence electrons. The molecule has 33 atom stereocenters. The fourth-order valence-corrected chi connectivity index (χ4v) is 36.4. The van der Waals surface area contributed by atoms with Crippen LogP contribution in [0.2, 0.25) is 0 Å². The van der Waals surface area contributed by atoms with E-state index < -0.39 is 23.0 Å². The molecule has 10 heteroatoms. The maximum absolute atomic E-state index is 11.2. The lowest BCUT2D eigenvalue weighted by molar-refractivity contribution is -0.253. The van der Waals surface area contributed by atoms with E-state index in [2.05, 4.69) is 164 Å². The summed E-state index contributed by atoms with van der Waals surface area (Å²) in [6.07, 6.45) is 35.2. The fraction of sp³-hybridized carbons (Fsp3) is 0.883. The SMILES string of the molecule is C=C(COC(C)C)[C@@H]1CC[C@]2(C(=C)O)CC[C@]3(C)C(CC[C@@H]4[C@@]5(C)CC[C@H](C)[C@@](C)(CC)[C@@H]5CC[C@]43C)[C@@H]12.C=C(COC(C)C)[C@@H]1CC[C@]2(C(=C)O)CC[C@]3(C)C(CC[C@@H]4[C@@]5(C)CC[C@H](O)[C@@](C)(CO)[C@@H]5CC[C@]43C)[C@@H]12.C=C(COCC)[C@@H]1CC[C@]2(C(=C)O)CC[C@]3(C)C(CC[C@@H]4[C@@]5(C)CC[C@H](O)[C@@](C)(CO)[C@@H]5CC[C@]43C)[C@@H]12. The molecular weight excluding hydrogens is 1400 g/mol. The van der Waals surface area contributed by atoms with E-state index in [1.165, 1.54) is 93.8 Å². The van der Waals surface area contributed by atoms with Crippen LogP contribution in [-0.4, -0.2) is 99.8 Å². The van der Waals surface area contributed by atoms with Crippen LogP contribution in [0.3, 0.4) is 0 Å². The first kappa shape index (κ1) is 88.3. The van der Waals surface area contributed by atoms with Gasteiger partial charge < -0.3 is 50.0 Å². The molecule has 113 heavy (non-hydrogen) atoms. The van der Waals surface area contributed by atoms with Gasteiger partial charge in [0.1, 0.15) is 0 Å². The maximum Gasteiger partial charge on any atom is 0.0915 e. The number of fused-ring (bicyclic) bond motifs is 21. The lowest BCUT2D eigenvalue weighted by Crippen LogP contribution is -2.67. The van der Waals surface area contributed by atoms with Crippen molar-refractivity contribution in [2.24, 2.45) is 176 Å². The largest absolute Gasteiger partial charge is 0.512 e. The fourth-order valence-electron chi connectivity index (χ4n) is 36.4. The molecule has 15 rings (SSSR count). The second-order valence-electron chi connectivity index (χ2n) is 46.9. The average molecular weight is 1570 g/mol. The maximum atomic E-state index is 11.2. The summed E-state index contributed by atoms with van der Waals surface area (Å²) in [5, 5.41) is 76.4. The normalized spacial score (nSPS) is 52.3. The number of rotatable bonds is 18. The summed E-state index contributed by atoms with van der Waals surface area (Å²) in [7, 11) is 0. The molecule has 10 nitrogen and oxygen atoms in total. The van der Waals surface area contributed by atoms with Gasteiger partial charge in [-0.15, -0.1) is 0 Å². The predicted molar refractivity (Wildman–Crippen MR) is 462 cm³/mol. The molecule has 0 aromatic rings. The van der Waals surface area contributed by atoms with E-state index in [1.54, 1.807) is 0 Å². The van der Waals surface area contributed by atoms with Crippen LogP contribution in [0.1, 0.15) is 331 Å². The molecule has 0 aromatic heterocycles. The van der Waals surface area contributed by atoms with E-state index in [1.807, 2.05) is 6.92 Å². The Morgan fingerprint density at radius 2 is 0.646 bits per heavy atom. The third kappa shape index (κ3) is 12.6. The standard InChI is InChI=1S/C36H60O2.C34H56O4.C33H54O4/c1-11-32(7)25(5)14-17-33(8)29(32)16-18-35(10)30(33)13-12-28-31-27(24(4)22-38-23(2)3)15-19-36(31,26(6)37)21-20-34(28,35)9;1-21(2)38-19-22(3)24-11-16-34(23(4)36)18-17-32(7)25(29(24)34)9-10-27-30(5)14-13-28(37)31(6,20-35)26(30)12-15-33(27,32)8;1-8-37-19-21(2)23-11-16-33(22(3)35)18-17-31(6)24(28(23)33)9-10-26-29(4)14-13-27(36)30(5,20-34)25(29)12-15-32(26,31)7/h23,25,27-31,37H,4,6,11-22H2,1-3,5,7-10H3;21,24-29,35-37H,3-4,9-20H2,1-2,5-8H3;23-28,34-36H,2-3,8-20H2,1,4-7H3/t25-,27-,28?,29-,30+,31+,32+,33-,34+,35+,36+;24-,25?,26+,27+,28-,29+,30-,31-,32+,33+,34+;23-,24?,25+,26+,27-,28+,29-,30-,31+,32+,33+/m000/s1. The van der Waals surface area contributed by atoms with Gasteiger partial charge in [-0.2, -0.15) is 0 Å². The van der Waals surface area contributed by atoms with E-state index >= 15 is 0 Å². The lowest BCUT2D eigenvalue weighted by Gasteiger charge is -2.73. The van der Waals surface area contributed by atoms with Crippen LogP contribution in [0.25, 0.3) is 0 Å². The number of aliphatic hydroxyl groups is 7. The first-order valence-electron chi connectivity index (χ1n) is 47.3. The molecule has 0 heterocycles. The van der Waals surface area contributed by atoms with E-state index in [-0.39, 0.29) is 74.2 Å². The second kappa shape index (κ2) is 30.6. The van der Waals surface area contributed by atoms with Gasteiger partial charge in [0.05, 0.1) is 74.7 Å². The van der Waals surface area contributed by atoms with Crippen molar-refractivity contribution in [1.29, 1.82) is 0 Å². The minimum absolute atomic E-state index is 0.0726. The molecule has 15 saturated carbocycles. The predicted octanol–water partition coefficient (Wildman–Crippen LogP) is 24.7. The molecule has 0 aromatic carbocycles. The van der Waals surface area contributed by atoms with Crippen LogP contribution in [-0.2, 0) is 14.2 Å². The number of hydrogen-bond acceptors (Lipinski definition) is 10. The van der Waals surface area contributed by atoms with Gasteiger partial charge in [-0.3, -0.25) is 0 Å². The third-order valence-corrected chi connectivity index (χ3v) is 43.6. The highest BCUT2D eigenvalue weighted by Gasteiger charge is 2.76. The third-order valence-electron chi connectivity index (χ3n) is 43.6. The zero-order chi connectivity index (χ0) is 82.8. The van der Waals surface area contributed by atoms with Crippen molar-refractivity contribution in [3.05, 3.63) is 73.5 Å². The molecule has 0 saturated heterocycles. The summed E-state index contributed by atoms with van der Waals surface area (Å²) >= 11 is 0. The molecular formula is C103H170O10. The van der Waals surface area contributed by atoms with Crippen LogP contribution < -0.4 is 0 Å². The quantitative estimate of drug-likeness (QED) is 0.0518. The van der Waals surface area contributed by atoms with Gasteiger partial charge in [0.25, 0.3) is 0 Å². The van der Waals surface area contributed by atoms with Crippen LogP contribution in [0.15, 0.2) is 73.5 Å². The summed E-state index contributed by atoms with van der Waals surface area (Å²) < 4.78 is 18.0. The van der Waals surface area contributed by atoms with Crippen LogP contribution >= 0.6 is 0 Å². The summed E-state index contributed by atoms with van der Waals surface area (Å²) in [6.45, 7) is 75.0. The van der Waals surface area contributed by atoms with Gasteiger partial charge in [0.15, 0.2) is 0 Å². The molecule has 0 spiro atoms. The number of aliphatic hydroxyl groups excluding tert-OH is 7. The molecule has 15 fully saturated rings. The average Bonchev–Trinajstić information content (AvgIpc) is 1.45. The smallest absolute Gasteiger partial charge is 0.0915 e. The second-order valence-corrected chi connectivity index (χ2v) is 46.9. The summed E-state index contributed by atoms with van der Waals surface area (Å²) in [5.41, 5.74) is 5.02. The molecule has 0 radical (unpaired) electrons. The molecule has 0 aliphatic heterocycles. The van der Waals surface area contributed by atoms with Crippen molar-refractivity contribution in [1.82, 2.24) is 0 Å². The van der Waals surface area contributed by atoms with Crippen molar-refractivity contribution in [3.8, 4) is 0 Å². The molecule has 15 aliphatic carbocycles. The zero-order valence-corrected chi connectivity index (χ0v) is 75.8. The summed E-state index contributed by atoms with van der Waals surface area (Å²) in [4.78, 5) is 0. The van der Waals surface area contributed by atoms with Gasteiger partial charge in [0.2, 0.25) is 0 Å². The first-order chi connectivity index (χ1) is 52.8. The monoisotopic (exact) mass is 1570 g/mol. The number of ether oxygens (including phenoxy) is 3. The Hall–Kier alpha value is -2.44. The first-order valence-corrected chi connectivity index (χ1v) is 47.3. The van der Waals surface area contributed by atoms with E-state index in [0.717, 1.165) is 140 Å². The van der Waals surface area contributed by atoms with Crippen molar-refractivity contribution in [2.45, 2.75) is 355 Å². The van der Waals surface area contributed by atoms with Crippen molar-refractivity contribution in [2.75, 3.05) is 39.6 Å². The summed E-state index contributed by atoms with van der Waals surface area (Å²) in [5.74, 6) is 9.80. The number of allylic oxidation sites excluding steroid dienone is 3. The Balaban J connectivity index is 0.000000148. The van der Waals surface area contributed by atoms with Gasteiger partial charge in [0, 0.05) is 33.7 Å². The van der Waals surface area contributed by atoms with Crippen molar-refractivity contribution in [3.63, 3.8) is 0 Å². The van der Waals surface area contributed by atoms with Crippen molar-refractivity contribution < 1.29 is 50.0 Å². The molecule has 0 bridgehead atoms. The Kier molecular flexibility index (Phi) is 23.9. The molecule has 0 amide bonds. The Morgan fingerprint density at radius 1 is 0.345 bits per heavy atom. The Labute approximate surface area is 690 Å². The highest BCUT2D eigenvalue weighted by molar-refractivity contribution is 5.31. The Morgan fingerprint density at radius 3 is 0.929 bits per heavy atom. The Bertz CT molecular complexity index is 3400. The van der Waals surface area contributed by atoms with Crippen LogP contribution in [0.4, 0.5) is 0 Å². The van der Waals surface area contributed by atoms with Gasteiger partial charge in [-0.25, -0.2) is 0 Å². The molecule has 3 unspecified atom stereocenters. The highest BCUT2D eigenvalue weighted by atomic mass is 16.5. The van der Waals surface area contributed by atoms with E-state index in [4.69, 9.17) is 14.2 Å². The van der Waals surface area contributed by atoms with Gasteiger partial charge in [-0.1, -0.05) is 143 Å². The van der Waals surface area contributed by atoms with E-state index in [9.17, 15) is 35.7 Å².